The van der Waals surface area contributed by atoms with Crippen molar-refractivity contribution in [3.8, 4) is 0 Å². The van der Waals surface area contributed by atoms with E-state index in [0.29, 0.717) is 19.0 Å². The van der Waals surface area contributed by atoms with Gasteiger partial charge in [0.15, 0.2) is 0 Å². The first-order chi connectivity index (χ1) is 9.16. The van der Waals surface area contributed by atoms with Crippen LogP contribution in [0, 0.1) is 5.92 Å². The SMILES string of the molecule is CC(C)CNC(=O)NCCc1csc2ccccc12. The van der Waals surface area contributed by atoms with Crippen LogP contribution in [-0.4, -0.2) is 19.1 Å². The van der Waals surface area contributed by atoms with Gasteiger partial charge in [0.05, 0.1) is 0 Å². The first-order valence-corrected chi connectivity index (χ1v) is 7.51. The summed E-state index contributed by atoms with van der Waals surface area (Å²) in [5.41, 5.74) is 1.31. The minimum atomic E-state index is -0.0757. The zero-order chi connectivity index (χ0) is 13.7. The van der Waals surface area contributed by atoms with Crippen molar-refractivity contribution in [3.63, 3.8) is 0 Å². The van der Waals surface area contributed by atoms with Crippen molar-refractivity contribution in [2.45, 2.75) is 20.3 Å². The Hall–Kier alpha value is -1.55. The third kappa shape index (κ3) is 3.96. The average Bonchev–Trinajstić information content (AvgIpc) is 2.80. The van der Waals surface area contributed by atoms with Gasteiger partial charge < -0.3 is 10.6 Å². The first kappa shape index (κ1) is 13.9. The van der Waals surface area contributed by atoms with Gasteiger partial charge in [-0.05, 0) is 34.7 Å². The van der Waals surface area contributed by atoms with Gasteiger partial charge in [-0.3, -0.25) is 0 Å². The van der Waals surface area contributed by atoms with Crippen LogP contribution >= 0.6 is 11.3 Å². The second-order valence-electron chi connectivity index (χ2n) is 5.04. The summed E-state index contributed by atoms with van der Waals surface area (Å²) in [6.45, 7) is 5.55. The Labute approximate surface area is 118 Å². The predicted octanol–water partition coefficient (Wildman–Crippen LogP) is 3.40. The third-order valence-corrected chi connectivity index (χ3v) is 3.92. The van der Waals surface area contributed by atoms with E-state index in [-0.39, 0.29) is 6.03 Å². The van der Waals surface area contributed by atoms with E-state index in [1.807, 2.05) is 0 Å². The van der Waals surface area contributed by atoms with Gasteiger partial charge in [0, 0.05) is 17.8 Å². The van der Waals surface area contributed by atoms with E-state index in [4.69, 9.17) is 0 Å². The number of amides is 2. The second-order valence-corrected chi connectivity index (χ2v) is 5.95. The molecule has 2 N–H and O–H groups in total. The number of urea groups is 1. The smallest absolute Gasteiger partial charge is 0.314 e. The minimum absolute atomic E-state index is 0.0757. The second kappa shape index (κ2) is 6.57. The fourth-order valence-electron chi connectivity index (χ4n) is 1.90. The maximum atomic E-state index is 11.5. The Morgan fingerprint density at radius 3 is 2.84 bits per heavy atom. The molecule has 0 bridgehead atoms. The van der Waals surface area contributed by atoms with E-state index < -0.39 is 0 Å². The van der Waals surface area contributed by atoms with Crippen molar-refractivity contribution in [1.29, 1.82) is 0 Å². The summed E-state index contributed by atoms with van der Waals surface area (Å²) in [6, 6.07) is 8.31. The van der Waals surface area contributed by atoms with Crippen LogP contribution in [0.4, 0.5) is 4.79 Å². The molecule has 1 aromatic heterocycles. The van der Waals surface area contributed by atoms with Gasteiger partial charge in [-0.1, -0.05) is 32.0 Å². The Morgan fingerprint density at radius 2 is 2.05 bits per heavy atom. The lowest BCUT2D eigenvalue weighted by Crippen LogP contribution is -2.38. The molecule has 2 rings (SSSR count). The number of carbonyl (C=O) groups excluding carboxylic acids is 1. The summed E-state index contributed by atoms with van der Waals surface area (Å²) in [7, 11) is 0. The van der Waals surface area contributed by atoms with Crippen molar-refractivity contribution in [2.24, 2.45) is 5.92 Å². The van der Waals surface area contributed by atoms with Crippen molar-refractivity contribution < 1.29 is 4.79 Å². The minimum Gasteiger partial charge on any atom is -0.338 e. The van der Waals surface area contributed by atoms with Crippen molar-refractivity contribution in [2.75, 3.05) is 13.1 Å². The monoisotopic (exact) mass is 276 g/mol. The molecular weight excluding hydrogens is 256 g/mol. The molecule has 0 spiro atoms. The third-order valence-electron chi connectivity index (χ3n) is 2.91. The normalized spacial score (nSPS) is 10.9. The molecule has 2 aromatic rings. The number of fused-ring (bicyclic) bond motifs is 1. The molecule has 0 unspecified atom stereocenters. The van der Waals surface area contributed by atoms with Crippen molar-refractivity contribution >= 4 is 27.5 Å². The summed E-state index contributed by atoms with van der Waals surface area (Å²) in [4.78, 5) is 11.5. The fraction of sp³-hybridized carbons (Fsp3) is 0.400. The highest BCUT2D eigenvalue weighted by Crippen LogP contribution is 2.25. The molecule has 2 amide bonds. The molecule has 0 radical (unpaired) electrons. The zero-order valence-electron chi connectivity index (χ0n) is 11.4. The fourth-order valence-corrected chi connectivity index (χ4v) is 2.89. The van der Waals surface area contributed by atoms with E-state index in [9.17, 15) is 4.79 Å². The van der Waals surface area contributed by atoms with Gasteiger partial charge in [0.1, 0.15) is 0 Å². The highest BCUT2D eigenvalue weighted by molar-refractivity contribution is 7.17. The summed E-state index contributed by atoms with van der Waals surface area (Å²) in [5.74, 6) is 0.478. The zero-order valence-corrected chi connectivity index (χ0v) is 12.2. The molecule has 3 nitrogen and oxygen atoms in total. The lowest BCUT2D eigenvalue weighted by molar-refractivity contribution is 0.239. The van der Waals surface area contributed by atoms with Crippen LogP contribution in [0.1, 0.15) is 19.4 Å². The van der Waals surface area contributed by atoms with E-state index >= 15 is 0 Å². The lowest BCUT2D eigenvalue weighted by Gasteiger charge is -2.09. The van der Waals surface area contributed by atoms with Crippen LogP contribution in [-0.2, 0) is 6.42 Å². The number of thiophene rings is 1. The van der Waals surface area contributed by atoms with Crippen LogP contribution in [0.25, 0.3) is 10.1 Å². The number of hydrogen-bond acceptors (Lipinski definition) is 2. The molecule has 0 saturated heterocycles. The van der Waals surface area contributed by atoms with Gasteiger partial charge in [-0.25, -0.2) is 4.79 Å². The molecule has 102 valence electrons. The Bertz CT molecular complexity index is 548. The average molecular weight is 276 g/mol. The summed E-state index contributed by atoms with van der Waals surface area (Å²) < 4.78 is 1.31. The summed E-state index contributed by atoms with van der Waals surface area (Å²) in [5, 5.41) is 9.23. The van der Waals surface area contributed by atoms with E-state index in [2.05, 4.69) is 54.1 Å². The Morgan fingerprint density at radius 1 is 1.26 bits per heavy atom. The van der Waals surface area contributed by atoms with E-state index in [1.165, 1.54) is 15.6 Å². The number of carbonyl (C=O) groups is 1. The quantitative estimate of drug-likeness (QED) is 0.863. The Balaban J connectivity index is 1.81. The molecule has 0 aliphatic carbocycles. The highest BCUT2D eigenvalue weighted by Gasteiger charge is 2.04. The van der Waals surface area contributed by atoms with Crippen molar-refractivity contribution in [3.05, 3.63) is 35.2 Å². The highest BCUT2D eigenvalue weighted by atomic mass is 32.1. The topological polar surface area (TPSA) is 41.1 Å². The number of hydrogen-bond donors (Lipinski definition) is 2. The Kier molecular flexibility index (Phi) is 4.80. The molecule has 1 heterocycles. The summed E-state index contributed by atoms with van der Waals surface area (Å²) in [6.07, 6.45) is 0.874. The summed E-state index contributed by atoms with van der Waals surface area (Å²) >= 11 is 1.76. The number of benzene rings is 1. The molecule has 0 atom stereocenters. The van der Waals surface area contributed by atoms with Gasteiger partial charge in [-0.15, -0.1) is 11.3 Å². The maximum Gasteiger partial charge on any atom is 0.314 e. The van der Waals surface area contributed by atoms with Crippen LogP contribution in [0.2, 0.25) is 0 Å². The lowest BCUT2D eigenvalue weighted by atomic mass is 10.1. The van der Waals surface area contributed by atoms with Gasteiger partial charge in [0.2, 0.25) is 0 Å². The van der Waals surface area contributed by atoms with Gasteiger partial charge >= 0.3 is 6.03 Å². The largest absolute Gasteiger partial charge is 0.338 e. The van der Waals surface area contributed by atoms with Crippen molar-refractivity contribution in [1.82, 2.24) is 10.6 Å². The van der Waals surface area contributed by atoms with E-state index in [1.54, 1.807) is 11.3 Å². The standard InChI is InChI=1S/C15H20N2OS/c1-11(2)9-17-15(18)16-8-7-12-10-19-14-6-4-3-5-13(12)14/h3-6,10-11H,7-9H2,1-2H3,(H2,16,17,18). The molecule has 0 aliphatic rings. The van der Waals surface area contributed by atoms with E-state index in [0.717, 1.165) is 6.42 Å². The number of nitrogens with one attached hydrogen (secondary N) is 2. The number of rotatable bonds is 5. The molecule has 19 heavy (non-hydrogen) atoms. The van der Waals surface area contributed by atoms with Crippen LogP contribution in [0.15, 0.2) is 29.6 Å². The molecule has 4 heteroatoms. The first-order valence-electron chi connectivity index (χ1n) is 6.63. The van der Waals surface area contributed by atoms with Crippen LogP contribution in [0.3, 0.4) is 0 Å². The molecular formula is C15H20N2OS. The molecule has 0 fully saturated rings. The predicted molar refractivity (Wildman–Crippen MR) is 81.8 cm³/mol. The molecule has 0 saturated carbocycles. The molecule has 1 aromatic carbocycles. The van der Waals surface area contributed by atoms with Gasteiger partial charge in [-0.2, -0.15) is 0 Å². The molecule has 0 aliphatic heterocycles. The van der Waals surface area contributed by atoms with Crippen LogP contribution < -0.4 is 10.6 Å². The van der Waals surface area contributed by atoms with Gasteiger partial charge in [0.25, 0.3) is 0 Å². The van der Waals surface area contributed by atoms with Crippen LogP contribution in [0.5, 0.6) is 0 Å². The maximum absolute atomic E-state index is 11.5.